The molecule has 29 heavy (non-hydrogen) atoms. The van der Waals surface area contributed by atoms with Crippen molar-refractivity contribution in [3.05, 3.63) is 54.0 Å². The molecule has 3 rings (SSSR count). The van der Waals surface area contributed by atoms with Crippen LogP contribution in [0.15, 0.2) is 42.7 Å². The summed E-state index contributed by atoms with van der Waals surface area (Å²) in [6, 6.07) is 8.92. The van der Waals surface area contributed by atoms with Gasteiger partial charge in [-0.15, -0.1) is 0 Å². The molecule has 0 atom stereocenters. The fourth-order valence-corrected chi connectivity index (χ4v) is 3.07. The Morgan fingerprint density at radius 1 is 1.07 bits per heavy atom. The maximum atomic E-state index is 12.7. The minimum Gasteiger partial charge on any atom is -0.449 e. The lowest BCUT2D eigenvalue weighted by Gasteiger charge is -2.24. The molecule has 7 heteroatoms. The van der Waals surface area contributed by atoms with Crippen molar-refractivity contribution in [2.24, 2.45) is 5.41 Å². The van der Waals surface area contributed by atoms with Crippen molar-refractivity contribution in [3.63, 3.8) is 0 Å². The third kappa shape index (κ3) is 5.76. The lowest BCUT2D eigenvalue weighted by molar-refractivity contribution is 0.0740. The number of anilines is 1. The number of ketones is 1. The maximum Gasteiger partial charge on any atom is 0.409 e. The van der Waals surface area contributed by atoms with E-state index >= 15 is 0 Å². The van der Waals surface area contributed by atoms with Gasteiger partial charge < -0.3 is 14.5 Å². The summed E-state index contributed by atoms with van der Waals surface area (Å²) in [6.07, 6.45) is 3.72. The van der Waals surface area contributed by atoms with Crippen molar-refractivity contribution in [1.29, 1.82) is 0 Å². The van der Waals surface area contributed by atoms with Crippen LogP contribution in [0.5, 0.6) is 0 Å². The molecule has 7 nitrogen and oxygen atoms in total. The minimum absolute atomic E-state index is 0.0568. The van der Waals surface area contributed by atoms with Crippen LogP contribution >= 0.6 is 0 Å². The summed E-state index contributed by atoms with van der Waals surface area (Å²) in [4.78, 5) is 37.4. The fourth-order valence-electron chi connectivity index (χ4n) is 3.07. The minimum atomic E-state index is -0.268. The molecule has 154 valence electrons. The molecule has 0 bridgehead atoms. The molecular formula is C22H28N4O3. The lowest BCUT2D eigenvalue weighted by atomic mass is 9.99. The van der Waals surface area contributed by atoms with E-state index in [9.17, 15) is 9.59 Å². The molecule has 1 aliphatic heterocycles. The Hall–Kier alpha value is -2.96. The number of aromatic nitrogens is 2. The summed E-state index contributed by atoms with van der Waals surface area (Å²) < 4.78 is 5.44. The first-order valence-electron chi connectivity index (χ1n) is 9.92. The molecule has 1 amide bonds. The number of carbonyl (C=O) groups excluding carboxylic acids is 2. The second-order valence-electron chi connectivity index (χ2n) is 8.39. The number of carbonyl (C=O) groups is 2. The Labute approximate surface area is 171 Å². The molecule has 0 unspecified atom stereocenters. The van der Waals surface area contributed by atoms with E-state index in [-0.39, 0.29) is 17.3 Å². The normalized spacial score (nSPS) is 15.0. The van der Waals surface area contributed by atoms with E-state index in [1.165, 1.54) is 0 Å². The smallest absolute Gasteiger partial charge is 0.409 e. The quantitative estimate of drug-likeness (QED) is 0.738. The van der Waals surface area contributed by atoms with Crippen LogP contribution in [0.25, 0.3) is 0 Å². The van der Waals surface area contributed by atoms with Crippen LogP contribution in [-0.4, -0.2) is 59.5 Å². The zero-order valence-electron chi connectivity index (χ0n) is 17.3. The number of hydrogen-bond acceptors (Lipinski definition) is 6. The van der Waals surface area contributed by atoms with Crippen LogP contribution in [0.4, 0.5) is 10.6 Å². The number of pyridine rings is 2. The van der Waals surface area contributed by atoms with Crippen molar-refractivity contribution in [1.82, 2.24) is 14.9 Å². The van der Waals surface area contributed by atoms with Gasteiger partial charge in [-0.3, -0.25) is 9.78 Å². The van der Waals surface area contributed by atoms with Gasteiger partial charge in [0.2, 0.25) is 5.78 Å². The Morgan fingerprint density at radius 3 is 2.62 bits per heavy atom. The van der Waals surface area contributed by atoms with E-state index < -0.39 is 0 Å². The van der Waals surface area contributed by atoms with E-state index in [4.69, 9.17) is 4.74 Å². The van der Waals surface area contributed by atoms with Crippen LogP contribution in [-0.2, 0) is 4.74 Å². The first-order valence-corrected chi connectivity index (χ1v) is 9.92. The second kappa shape index (κ2) is 9.03. The molecule has 0 aliphatic carbocycles. The molecule has 0 radical (unpaired) electrons. The molecule has 0 saturated carbocycles. The first kappa shape index (κ1) is 20.8. The van der Waals surface area contributed by atoms with Crippen molar-refractivity contribution >= 4 is 17.7 Å². The van der Waals surface area contributed by atoms with Gasteiger partial charge in [0.15, 0.2) is 0 Å². The average Bonchev–Trinajstić information content (AvgIpc) is 2.98. The number of hydrogen-bond donors (Lipinski definition) is 0. The molecule has 2 aromatic rings. The summed E-state index contributed by atoms with van der Waals surface area (Å²) >= 11 is 0. The highest BCUT2D eigenvalue weighted by Crippen LogP contribution is 2.18. The molecule has 1 aliphatic rings. The van der Waals surface area contributed by atoms with Crippen LogP contribution in [0.2, 0.25) is 0 Å². The van der Waals surface area contributed by atoms with E-state index in [0.29, 0.717) is 37.5 Å². The van der Waals surface area contributed by atoms with Gasteiger partial charge in [-0.25, -0.2) is 9.78 Å². The predicted molar refractivity (Wildman–Crippen MR) is 111 cm³/mol. The molecule has 1 saturated heterocycles. The fraction of sp³-hybridized carbons (Fsp3) is 0.455. The zero-order chi connectivity index (χ0) is 20.9. The topological polar surface area (TPSA) is 75.6 Å². The first-order chi connectivity index (χ1) is 13.8. The highest BCUT2D eigenvalue weighted by Gasteiger charge is 2.23. The van der Waals surface area contributed by atoms with E-state index in [2.05, 4.69) is 14.9 Å². The van der Waals surface area contributed by atoms with Gasteiger partial charge >= 0.3 is 6.09 Å². The van der Waals surface area contributed by atoms with Gasteiger partial charge in [-0.05, 0) is 36.1 Å². The monoisotopic (exact) mass is 396 g/mol. The molecule has 2 aromatic heterocycles. The van der Waals surface area contributed by atoms with Gasteiger partial charge in [-0.1, -0.05) is 26.8 Å². The standard InChI is InChI=1S/C22H28N4O3/c1-22(2,3)16-29-21(28)26-12-6-11-25(13-14-26)19-9-4-8-18(24-19)20(27)17-7-5-10-23-15-17/h4-5,7-10,15H,6,11-14,16H2,1-3H3. The number of amides is 1. The summed E-state index contributed by atoms with van der Waals surface area (Å²) in [5, 5.41) is 0. The average molecular weight is 396 g/mol. The van der Waals surface area contributed by atoms with E-state index in [1.807, 2.05) is 32.9 Å². The SMILES string of the molecule is CC(C)(C)COC(=O)N1CCCN(c2cccc(C(=O)c3cccnc3)n2)CC1. The molecule has 0 N–H and O–H groups in total. The van der Waals surface area contributed by atoms with Gasteiger partial charge in [0.05, 0.1) is 6.61 Å². The van der Waals surface area contributed by atoms with Crippen LogP contribution in [0.3, 0.4) is 0 Å². The van der Waals surface area contributed by atoms with Crippen molar-refractivity contribution < 1.29 is 14.3 Å². The number of nitrogens with zero attached hydrogens (tertiary/aromatic N) is 4. The summed E-state index contributed by atoms with van der Waals surface area (Å²) in [7, 11) is 0. The molecule has 1 fully saturated rings. The van der Waals surface area contributed by atoms with Gasteiger partial charge in [-0.2, -0.15) is 0 Å². The molecule has 3 heterocycles. The van der Waals surface area contributed by atoms with E-state index in [0.717, 1.165) is 18.8 Å². The highest BCUT2D eigenvalue weighted by molar-refractivity contribution is 6.07. The second-order valence-corrected chi connectivity index (χ2v) is 8.39. The van der Waals surface area contributed by atoms with Crippen LogP contribution < -0.4 is 4.90 Å². The van der Waals surface area contributed by atoms with Crippen molar-refractivity contribution in [2.75, 3.05) is 37.7 Å². The maximum absolute atomic E-state index is 12.7. The summed E-state index contributed by atoms with van der Waals surface area (Å²) in [5.74, 6) is 0.590. The van der Waals surface area contributed by atoms with Crippen LogP contribution in [0, 0.1) is 5.41 Å². The Morgan fingerprint density at radius 2 is 1.90 bits per heavy atom. The largest absolute Gasteiger partial charge is 0.449 e. The Balaban J connectivity index is 1.65. The van der Waals surface area contributed by atoms with Crippen molar-refractivity contribution in [3.8, 4) is 0 Å². The Kier molecular flexibility index (Phi) is 6.46. The third-order valence-electron chi connectivity index (χ3n) is 4.60. The number of ether oxygens (including phenoxy) is 1. The number of rotatable bonds is 4. The van der Waals surface area contributed by atoms with Gasteiger partial charge in [0.1, 0.15) is 11.5 Å². The Bertz CT molecular complexity index is 849. The molecular weight excluding hydrogens is 368 g/mol. The molecule has 0 spiro atoms. The predicted octanol–water partition coefficient (Wildman–Crippen LogP) is 3.40. The zero-order valence-corrected chi connectivity index (χ0v) is 17.3. The van der Waals surface area contributed by atoms with Crippen LogP contribution in [0.1, 0.15) is 43.2 Å². The van der Waals surface area contributed by atoms with Gasteiger partial charge in [0, 0.05) is 44.1 Å². The molecule has 0 aromatic carbocycles. The van der Waals surface area contributed by atoms with E-state index in [1.54, 1.807) is 35.5 Å². The highest BCUT2D eigenvalue weighted by atomic mass is 16.6. The van der Waals surface area contributed by atoms with Gasteiger partial charge in [0.25, 0.3) is 0 Å². The summed E-state index contributed by atoms with van der Waals surface area (Å²) in [6.45, 7) is 9.12. The third-order valence-corrected chi connectivity index (χ3v) is 4.60. The summed E-state index contributed by atoms with van der Waals surface area (Å²) in [5.41, 5.74) is 0.848. The van der Waals surface area contributed by atoms with Crippen molar-refractivity contribution in [2.45, 2.75) is 27.2 Å². The lowest BCUT2D eigenvalue weighted by Crippen LogP contribution is -2.37.